The number of aromatic nitrogens is 1. The molecule has 2 aliphatic carbocycles. The number of carbonyl (C=O) groups is 1. The third kappa shape index (κ3) is 3.26. The van der Waals surface area contributed by atoms with Crippen molar-refractivity contribution in [1.29, 1.82) is 0 Å². The molecule has 1 aromatic carbocycles. The second kappa shape index (κ2) is 7.36. The molecule has 3 atom stereocenters. The summed E-state index contributed by atoms with van der Waals surface area (Å²) in [7, 11) is 0. The van der Waals surface area contributed by atoms with Crippen LogP contribution >= 0.6 is 0 Å². The maximum absolute atomic E-state index is 12.8. The summed E-state index contributed by atoms with van der Waals surface area (Å²) < 4.78 is 5.09. The molecule has 5 rings (SSSR count). The molecule has 148 valence electrons. The lowest BCUT2D eigenvalue weighted by Gasteiger charge is -2.28. The highest BCUT2D eigenvalue weighted by molar-refractivity contribution is 5.92. The lowest BCUT2D eigenvalue weighted by Crippen LogP contribution is -2.35. The zero-order chi connectivity index (χ0) is 19.1. The number of fused-ring (bicyclic) bond motifs is 3. The van der Waals surface area contributed by atoms with Crippen LogP contribution in [-0.4, -0.2) is 35.6 Å². The van der Waals surface area contributed by atoms with E-state index in [0.29, 0.717) is 23.3 Å². The highest BCUT2D eigenvalue weighted by atomic mass is 16.5. The topological polar surface area (TPSA) is 58.4 Å². The Labute approximate surface area is 166 Å². The number of rotatable bonds is 4. The van der Waals surface area contributed by atoms with Gasteiger partial charge in [0.25, 0.3) is 5.91 Å². The van der Waals surface area contributed by atoms with E-state index in [0.717, 1.165) is 19.0 Å². The zero-order valence-electron chi connectivity index (χ0n) is 16.6. The van der Waals surface area contributed by atoms with E-state index in [1.165, 1.54) is 49.8 Å². The normalized spacial score (nSPS) is 27.5. The fourth-order valence-electron chi connectivity index (χ4n) is 5.70. The van der Waals surface area contributed by atoms with Gasteiger partial charge in [-0.05, 0) is 36.8 Å². The monoisotopic (exact) mass is 379 g/mol. The SMILES string of the molecule is Cc1cc(C(=O)N[C@@H]2c3ccccc3[C@@H]3CN(CC4CCCCC4)C[C@H]23)no1. The number of nitrogens with zero attached hydrogens (tertiary/aromatic N) is 2. The van der Waals surface area contributed by atoms with Crippen molar-refractivity contribution in [3.63, 3.8) is 0 Å². The smallest absolute Gasteiger partial charge is 0.273 e. The molecule has 1 aromatic heterocycles. The summed E-state index contributed by atoms with van der Waals surface area (Å²) in [6.07, 6.45) is 6.96. The van der Waals surface area contributed by atoms with E-state index in [2.05, 4.69) is 39.6 Å². The molecule has 1 saturated heterocycles. The van der Waals surface area contributed by atoms with Crippen LogP contribution < -0.4 is 5.32 Å². The predicted molar refractivity (Wildman–Crippen MR) is 107 cm³/mol. The van der Waals surface area contributed by atoms with Gasteiger partial charge in [-0.1, -0.05) is 48.7 Å². The van der Waals surface area contributed by atoms with E-state index in [4.69, 9.17) is 4.52 Å². The minimum atomic E-state index is -0.136. The Morgan fingerprint density at radius 2 is 1.96 bits per heavy atom. The zero-order valence-corrected chi connectivity index (χ0v) is 16.6. The lowest BCUT2D eigenvalue weighted by molar-refractivity contribution is 0.0914. The first kappa shape index (κ1) is 17.9. The van der Waals surface area contributed by atoms with Crippen molar-refractivity contribution in [2.75, 3.05) is 19.6 Å². The lowest BCUT2D eigenvalue weighted by atomic mass is 9.89. The number of carbonyl (C=O) groups excluding carboxylic acids is 1. The Balaban J connectivity index is 1.34. The molecular weight excluding hydrogens is 350 g/mol. The van der Waals surface area contributed by atoms with E-state index >= 15 is 0 Å². The third-order valence-electron chi connectivity index (χ3n) is 6.99. The average molecular weight is 380 g/mol. The Bertz CT molecular complexity index is 855. The Morgan fingerprint density at radius 1 is 1.18 bits per heavy atom. The van der Waals surface area contributed by atoms with E-state index < -0.39 is 0 Å². The van der Waals surface area contributed by atoms with E-state index in [-0.39, 0.29) is 11.9 Å². The van der Waals surface area contributed by atoms with Gasteiger partial charge in [-0.2, -0.15) is 0 Å². The molecule has 0 spiro atoms. The molecule has 1 amide bonds. The summed E-state index contributed by atoms with van der Waals surface area (Å²) in [6.45, 7) is 5.22. The van der Waals surface area contributed by atoms with Crippen LogP contribution in [0.5, 0.6) is 0 Å². The molecule has 5 heteroatoms. The number of likely N-dealkylation sites (tertiary alicyclic amines) is 1. The van der Waals surface area contributed by atoms with Gasteiger partial charge in [-0.3, -0.25) is 4.79 Å². The van der Waals surface area contributed by atoms with Crippen LogP contribution in [0.1, 0.15) is 71.4 Å². The van der Waals surface area contributed by atoms with Crippen LogP contribution in [0.4, 0.5) is 0 Å². The standard InChI is InChI=1S/C23H29N3O2/c1-15-11-21(25-28-15)23(27)24-22-18-10-6-5-9-17(18)19-13-26(14-20(19)22)12-16-7-3-2-4-8-16/h5-6,9-11,16,19-20,22H,2-4,7-8,12-14H2,1H3,(H,24,27)/t19-,20-,22+/m0/s1. The van der Waals surface area contributed by atoms with Crippen molar-refractivity contribution in [2.24, 2.45) is 11.8 Å². The summed E-state index contributed by atoms with van der Waals surface area (Å²) in [5, 5.41) is 7.17. The first-order valence-electron chi connectivity index (χ1n) is 10.7. The molecule has 2 fully saturated rings. The summed E-state index contributed by atoms with van der Waals surface area (Å²) in [6, 6.07) is 10.4. The molecule has 2 aromatic rings. The second-order valence-corrected chi connectivity index (χ2v) is 8.90. The minimum Gasteiger partial charge on any atom is -0.361 e. The molecule has 0 unspecified atom stereocenters. The molecule has 5 nitrogen and oxygen atoms in total. The summed E-state index contributed by atoms with van der Waals surface area (Å²) in [5.41, 5.74) is 3.07. The minimum absolute atomic E-state index is 0.0575. The molecule has 3 aliphatic rings. The van der Waals surface area contributed by atoms with Gasteiger partial charge in [-0.25, -0.2) is 0 Å². The van der Waals surface area contributed by atoms with E-state index in [1.807, 2.05) is 6.92 Å². The fourth-order valence-corrected chi connectivity index (χ4v) is 5.70. The first-order chi connectivity index (χ1) is 13.7. The van der Waals surface area contributed by atoms with Crippen LogP contribution in [0.25, 0.3) is 0 Å². The van der Waals surface area contributed by atoms with Crippen LogP contribution in [0.3, 0.4) is 0 Å². The van der Waals surface area contributed by atoms with Crippen LogP contribution in [0, 0.1) is 18.8 Å². The third-order valence-corrected chi connectivity index (χ3v) is 6.99. The number of nitrogens with one attached hydrogen (secondary N) is 1. The summed E-state index contributed by atoms with van der Waals surface area (Å²) in [5.74, 6) is 2.34. The molecule has 1 N–H and O–H groups in total. The van der Waals surface area contributed by atoms with Gasteiger partial charge < -0.3 is 14.7 Å². The highest BCUT2D eigenvalue weighted by Crippen LogP contribution is 2.49. The molecule has 1 saturated carbocycles. The number of hydrogen-bond donors (Lipinski definition) is 1. The van der Waals surface area contributed by atoms with Crippen molar-refractivity contribution in [3.8, 4) is 0 Å². The molecule has 0 radical (unpaired) electrons. The van der Waals surface area contributed by atoms with Crippen LogP contribution in [-0.2, 0) is 0 Å². The number of amides is 1. The Kier molecular flexibility index (Phi) is 4.71. The average Bonchev–Trinajstić information content (AvgIpc) is 3.39. The van der Waals surface area contributed by atoms with Crippen molar-refractivity contribution in [3.05, 3.63) is 52.9 Å². The largest absolute Gasteiger partial charge is 0.361 e. The van der Waals surface area contributed by atoms with Crippen molar-refractivity contribution in [1.82, 2.24) is 15.4 Å². The molecular formula is C23H29N3O2. The van der Waals surface area contributed by atoms with Gasteiger partial charge in [0.1, 0.15) is 5.76 Å². The summed E-state index contributed by atoms with van der Waals surface area (Å²) in [4.78, 5) is 15.4. The van der Waals surface area contributed by atoms with Gasteiger partial charge in [0.05, 0.1) is 6.04 Å². The molecule has 28 heavy (non-hydrogen) atoms. The van der Waals surface area contributed by atoms with Gasteiger partial charge in [0.15, 0.2) is 5.69 Å². The van der Waals surface area contributed by atoms with Crippen molar-refractivity contribution >= 4 is 5.91 Å². The quantitative estimate of drug-likeness (QED) is 0.870. The second-order valence-electron chi connectivity index (χ2n) is 8.90. The van der Waals surface area contributed by atoms with Gasteiger partial charge in [0.2, 0.25) is 0 Å². The van der Waals surface area contributed by atoms with Gasteiger partial charge in [-0.15, -0.1) is 0 Å². The predicted octanol–water partition coefficient (Wildman–Crippen LogP) is 4.06. The molecule has 2 heterocycles. The summed E-state index contributed by atoms with van der Waals surface area (Å²) >= 11 is 0. The van der Waals surface area contributed by atoms with Crippen molar-refractivity contribution in [2.45, 2.75) is 51.0 Å². The number of aryl methyl sites for hydroxylation is 1. The fraction of sp³-hybridized carbons (Fsp3) is 0.565. The van der Waals surface area contributed by atoms with E-state index in [1.54, 1.807) is 6.07 Å². The Hall–Kier alpha value is -2.14. The van der Waals surface area contributed by atoms with Crippen LogP contribution in [0.2, 0.25) is 0 Å². The highest BCUT2D eigenvalue weighted by Gasteiger charge is 2.47. The maximum Gasteiger partial charge on any atom is 0.273 e. The Morgan fingerprint density at radius 3 is 2.71 bits per heavy atom. The number of benzene rings is 1. The number of hydrogen-bond acceptors (Lipinski definition) is 4. The molecule has 0 bridgehead atoms. The van der Waals surface area contributed by atoms with Gasteiger partial charge >= 0.3 is 0 Å². The van der Waals surface area contributed by atoms with Crippen LogP contribution in [0.15, 0.2) is 34.9 Å². The first-order valence-corrected chi connectivity index (χ1v) is 10.7. The molecule has 1 aliphatic heterocycles. The van der Waals surface area contributed by atoms with Crippen molar-refractivity contribution < 1.29 is 9.32 Å². The van der Waals surface area contributed by atoms with Gasteiger partial charge in [0, 0.05) is 37.5 Å². The maximum atomic E-state index is 12.8. The van der Waals surface area contributed by atoms with E-state index in [9.17, 15) is 4.79 Å².